The Labute approximate surface area is 113 Å². The van der Waals surface area contributed by atoms with E-state index in [0.29, 0.717) is 27.4 Å². The van der Waals surface area contributed by atoms with E-state index in [4.69, 9.17) is 39.5 Å². The van der Waals surface area contributed by atoms with Crippen molar-refractivity contribution in [2.24, 2.45) is 0 Å². The molecule has 6 heteroatoms. The first-order chi connectivity index (χ1) is 8.04. The van der Waals surface area contributed by atoms with Crippen molar-refractivity contribution in [2.45, 2.75) is 6.92 Å². The van der Waals surface area contributed by atoms with Gasteiger partial charge in [-0.05, 0) is 36.7 Å². The van der Waals surface area contributed by atoms with Crippen LogP contribution in [0.15, 0.2) is 24.3 Å². The summed E-state index contributed by atoms with van der Waals surface area (Å²) in [7, 11) is 0. The normalized spacial score (nSPS) is 10.4. The molecule has 0 spiro atoms. The van der Waals surface area contributed by atoms with Gasteiger partial charge in [0, 0.05) is 16.8 Å². The van der Waals surface area contributed by atoms with Crippen molar-refractivity contribution in [3.8, 4) is 11.6 Å². The summed E-state index contributed by atoms with van der Waals surface area (Å²) >= 11 is 17.5. The number of nitrogens with zero attached hydrogens (tertiary/aromatic N) is 2. The molecule has 1 heterocycles. The van der Waals surface area contributed by atoms with Crippen molar-refractivity contribution in [1.82, 2.24) is 9.97 Å². The summed E-state index contributed by atoms with van der Waals surface area (Å²) in [5.41, 5.74) is 0.713. The van der Waals surface area contributed by atoms with Gasteiger partial charge in [-0.3, -0.25) is 0 Å². The van der Waals surface area contributed by atoms with Crippen LogP contribution >= 0.6 is 34.8 Å². The molecule has 0 bridgehead atoms. The molecule has 0 aliphatic heterocycles. The van der Waals surface area contributed by atoms with E-state index < -0.39 is 0 Å². The Bertz CT molecular complexity index is 540. The van der Waals surface area contributed by atoms with Gasteiger partial charge < -0.3 is 4.74 Å². The lowest BCUT2D eigenvalue weighted by Crippen LogP contribution is -1.93. The number of aromatic nitrogens is 2. The summed E-state index contributed by atoms with van der Waals surface area (Å²) in [6.07, 6.45) is 0. The molecule has 0 amide bonds. The Balaban J connectivity index is 2.31. The summed E-state index contributed by atoms with van der Waals surface area (Å²) in [6.45, 7) is 1.80. The summed E-state index contributed by atoms with van der Waals surface area (Å²) < 4.78 is 5.50. The minimum absolute atomic E-state index is 0.130. The third-order valence-electron chi connectivity index (χ3n) is 1.91. The molecule has 1 aromatic carbocycles. The summed E-state index contributed by atoms with van der Waals surface area (Å²) in [5, 5.41) is 1.08. The van der Waals surface area contributed by atoms with Gasteiger partial charge in [0.1, 0.15) is 5.75 Å². The van der Waals surface area contributed by atoms with Gasteiger partial charge in [-0.1, -0.05) is 23.2 Å². The molecule has 17 heavy (non-hydrogen) atoms. The molecule has 2 rings (SSSR count). The summed E-state index contributed by atoms with van der Waals surface area (Å²) in [6, 6.07) is 6.60. The maximum atomic E-state index is 5.97. The second-order valence-corrected chi connectivity index (χ2v) is 4.48. The van der Waals surface area contributed by atoms with E-state index in [0.717, 1.165) is 0 Å². The average Bonchev–Trinajstić information content (AvgIpc) is 2.21. The van der Waals surface area contributed by atoms with Crippen molar-refractivity contribution in [1.29, 1.82) is 0 Å². The van der Waals surface area contributed by atoms with Crippen LogP contribution < -0.4 is 4.74 Å². The predicted molar refractivity (Wildman–Crippen MR) is 68.3 cm³/mol. The fraction of sp³-hybridized carbons (Fsp3) is 0.0909. The fourth-order valence-corrected chi connectivity index (χ4v) is 1.89. The third kappa shape index (κ3) is 3.22. The van der Waals surface area contributed by atoms with Crippen molar-refractivity contribution in [2.75, 3.05) is 0 Å². The first kappa shape index (κ1) is 12.4. The Hall–Kier alpha value is -1.03. The molecule has 0 aliphatic rings. The number of aryl methyl sites for hydroxylation is 1. The molecule has 0 aliphatic carbocycles. The molecule has 0 N–H and O–H groups in total. The highest BCUT2D eigenvalue weighted by molar-refractivity contribution is 6.35. The SMILES string of the molecule is Cc1cc(Oc2ccc(Cl)cc2Cl)nc(Cl)n1. The van der Waals surface area contributed by atoms with Gasteiger partial charge in [-0.15, -0.1) is 0 Å². The molecule has 0 saturated carbocycles. The minimum Gasteiger partial charge on any atom is -0.437 e. The predicted octanol–water partition coefficient (Wildman–Crippen LogP) is 4.54. The standard InChI is InChI=1S/C11H7Cl3N2O/c1-6-4-10(16-11(14)15-6)17-9-3-2-7(12)5-8(9)13/h2-5H,1H3. The third-order valence-corrected chi connectivity index (χ3v) is 2.61. The molecule has 3 nitrogen and oxygen atoms in total. The van der Waals surface area contributed by atoms with Crippen LogP contribution in [-0.4, -0.2) is 9.97 Å². The quantitative estimate of drug-likeness (QED) is 0.761. The smallest absolute Gasteiger partial charge is 0.225 e. The van der Waals surface area contributed by atoms with Gasteiger partial charge in [0.05, 0.1) is 5.02 Å². The second kappa shape index (κ2) is 5.08. The highest BCUT2D eigenvalue weighted by Gasteiger charge is 2.06. The van der Waals surface area contributed by atoms with Gasteiger partial charge >= 0.3 is 0 Å². The topological polar surface area (TPSA) is 35.0 Å². The van der Waals surface area contributed by atoms with Gasteiger partial charge in [-0.2, -0.15) is 4.98 Å². The monoisotopic (exact) mass is 288 g/mol. The number of hydrogen-bond acceptors (Lipinski definition) is 3. The Morgan fingerprint density at radius 2 is 1.82 bits per heavy atom. The Morgan fingerprint density at radius 1 is 1.06 bits per heavy atom. The number of hydrogen-bond donors (Lipinski definition) is 0. The first-order valence-electron chi connectivity index (χ1n) is 4.69. The fourth-order valence-electron chi connectivity index (χ4n) is 1.23. The van der Waals surface area contributed by atoms with Crippen LogP contribution in [0.25, 0.3) is 0 Å². The van der Waals surface area contributed by atoms with Crippen molar-refractivity contribution >= 4 is 34.8 Å². The zero-order valence-corrected chi connectivity index (χ0v) is 11.0. The Morgan fingerprint density at radius 3 is 2.47 bits per heavy atom. The highest BCUT2D eigenvalue weighted by Crippen LogP contribution is 2.31. The zero-order valence-electron chi connectivity index (χ0n) is 8.75. The van der Waals surface area contributed by atoms with Crippen LogP contribution in [0.1, 0.15) is 5.69 Å². The molecule has 88 valence electrons. The van der Waals surface area contributed by atoms with Crippen LogP contribution in [0.3, 0.4) is 0 Å². The van der Waals surface area contributed by atoms with Crippen LogP contribution in [0, 0.1) is 6.92 Å². The summed E-state index contributed by atoms with van der Waals surface area (Å²) in [5.74, 6) is 0.803. The highest BCUT2D eigenvalue weighted by atomic mass is 35.5. The van der Waals surface area contributed by atoms with Crippen LogP contribution in [-0.2, 0) is 0 Å². The molecule has 0 fully saturated rings. The van der Waals surface area contributed by atoms with E-state index in [1.807, 2.05) is 0 Å². The maximum absolute atomic E-state index is 5.97. The molecule has 1 aromatic heterocycles. The van der Waals surface area contributed by atoms with Gasteiger partial charge in [0.2, 0.25) is 11.2 Å². The number of ether oxygens (including phenoxy) is 1. The van der Waals surface area contributed by atoms with E-state index in [-0.39, 0.29) is 5.28 Å². The molecule has 0 saturated heterocycles. The second-order valence-electron chi connectivity index (χ2n) is 3.29. The number of rotatable bonds is 2. The van der Waals surface area contributed by atoms with Crippen LogP contribution in [0.5, 0.6) is 11.6 Å². The molecule has 0 radical (unpaired) electrons. The maximum Gasteiger partial charge on any atom is 0.225 e. The van der Waals surface area contributed by atoms with Gasteiger partial charge in [-0.25, -0.2) is 4.98 Å². The molecule has 0 atom stereocenters. The molecular formula is C11H7Cl3N2O. The first-order valence-corrected chi connectivity index (χ1v) is 5.82. The lowest BCUT2D eigenvalue weighted by molar-refractivity contribution is 0.461. The van der Waals surface area contributed by atoms with Gasteiger partial charge in [0.25, 0.3) is 0 Å². The number of benzene rings is 1. The lowest BCUT2D eigenvalue weighted by Gasteiger charge is -2.07. The number of halogens is 3. The molecular weight excluding hydrogens is 282 g/mol. The van der Waals surface area contributed by atoms with E-state index in [1.165, 1.54) is 0 Å². The molecule has 0 unspecified atom stereocenters. The largest absolute Gasteiger partial charge is 0.437 e. The zero-order chi connectivity index (χ0) is 12.4. The van der Waals surface area contributed by atoms with Crippen molar-refractivity contribution in [3.05, 3.63) is 45.3 Å². The van der Waals surface area contributed by atoms with E-state index in [9.17, 15) is 0 Å². The average molecular weight is 290 g/mol. The lowest BCUT2D eigenvalue weighted by atomic mass is 10.3. The minimum atomic E-state index is 0.130. The Kier molecular flexibility index (Phi) is 3.72. The molecule has 2 aromatic rings. The van der Waals surface area contributed by atoms with Crippen molar-refractivity contribution in [3.63, 3.8) is 0 Å². The van der Waals surface area contributed by atoms with Crippen LogP contribution in [0.4, 0.5) is 0 Å². The summed E-state index contributed by atoms with van der Waals surface area (Å²) in [4.78, 5) is 7.87. The van der Waals surface area contributed by atoms with E-state index >= 15 is 0 Å². The van der Waals surface area contributed by atoms with E-state index in [1.54, 1.807) is 31.2 Å². The van der Waals surface area contributed by atoms with Crippen LogP contribution in [0.2, 0.25) is 15.3 Å². The van der Waals surface area contributed by atoms with Crippen molar-refractivity contribution < 1.29 is 4.74 Å². The van der Waals surface area contributed by atoms with E-state index in [2.05, 4.69) is 9.97 Å². The van der Waals surface area contributed by atoms with Gasteiger partial charge in [0.15, 0.2) is 0 Å².